The number of fused-ring (bicyclic) bond motifs is 1. The fourth-order valence-electron chi connectivity index (χ4n) is 3.69. The first-order valence-corrected chi connectivity index (χ1v) is 9.99. The molecule has 1 aliphatic heterocycles. The van der Waals surface area contributed by atoms with Crippen molar-refractivity contribution in [2.75, 3.05) is 0 Å². The molecule has 30 heavy (non-hydrogen) atoms. The van der Waals surface area contributed by atoms with Crippen molar-refractivity contribution in [1.82, 2.24) is 4.90 Å². The maximum Gasteiger partial charge on any atom is 0.335 e. The number of nitrogens with zero attached hydrogens (tertiary/aromatic N) is 1. The largest absolute Gasteiger partial charge is 0.480 e. The van der Waals surface area contributed by atoms with Gasteiger partial charge in [0.25, 0.3) is 5.91 Å². The van der Waals surface area contributed by atoms with Crippen molar-refractivity contribution in [3.8, 4) is 5.75 Å². The Morgan fingerprint density at radius 2 is 1.50 bits per heavy atom. The minimum atomic E-state index is -0.965. The summed E-state index contributed by atoms with van der Waals surface area (Å²) >= 11 is 0. The van der Waals surface area contributed by atoms with E-state index in [4.69, 9.17) is 9.84 Å². The van der Waals surface area contributed by atoms with Crippen LogP contribution in [0.15, 0.2) is 78.9 Å². The lowest BCUT2D eigenvalue weighted by molar-refractivity contribution is -0.140. The van der Waals surface area contributed by atoms with Crippen LogP contribution in [0.5, 0.6) is 5.75 Å². The van der Waals surface area contributed by atoms with Crippen molar-refractivity contribution in [3.05, 3.63) is 101 Å². The van der Waals surface area contributed by atoms with Crippen LogP contribution >= 0.6 is 0 Å². The summed E-state index contributed by atoms with van der Waals surface area (Å²) < 4.78 is 6.03. The molecule has 3 aromatic rings. The minimum Gasteiger partial charge on any atom is -0.480 e. The lowest BCUT2D eigenvalue weighted by Gasteiger charge is -2.31. The Balaban J connectivity index is 1.55. The number of hydrogen-bond acceptors (Lipinski definition) is 3. The molecule has 0 spiro atoms. The fourth-order valence-corrected chi connectivity index (χ4v) is 3.69. The molecule has 0 radical (unpaired) electrons. The lowest BCUT2D eigenvalue weighted by Crippen LogP contribution is -2.42. The van der Waals surface area contributed by atoms with E-state index >= 15 is 0 Å². The number of carbonyl (C=O) groups is 2. The Kier molecular flexibility index (Phi) is 5.80. The van der Waals surface area contributed by atoms with Gasteiger partial charge in [-0.2, -0.15) is 0 Å². The van der Waals surface area contributed by atoms with Crippen LogP contribution in [-0.4, -0.2) is 28.0 Å². The molecule has 5 heteroatoms. The number of benzene rings is 3. The van der Waals surface area contributed by atoms with Crippen LogP contribution in [0.2, 0.25) is 0 Å². The first-order valence-electron chi connectivity index (χ1n) is 9.99. The number of carboxylic acids is 1. The van der Waals surface area contributed by atoms with E-state index in [1.807, 2.05) is 54.6 Å². The summed E-state index contributed by atoms with van der Waals surface area (Å²) in [7, 11) is 0. The molecule has 0 aliphatic carbocycles. The van der Waals surface area contributed by atoms with Crippen molar-refractivity contribution >= 4 is 11.9 Å². The summed E-state index contributed by atoms with van der Waals surface area (Å²) in [4.78, 5) is 26.3. The Morgan fingerprint density at radius 1 is 0.867 bits per heavy atom. The highest BCUT2D eigenvalue weighted by molar-refractivity contribution is 5.87. The highest BCUT2D eigenvalue weighted by atomic mass is 16.5. The topological polar surface area (TPSA) is 66.8 Å². The summed E-state index contributed by atoms with van der Waals surface area (Å²) in [6, 6.07) is 24.3. The summed E-state index contributed by atoms with van der Waals surface area (Å²) in [6.07, 6.45) is 0.917. The number of carbonyl (C=O) groups excluding carboxylic acids is 1. The molecule has 0 saturated carbocycles. The maximum absolute atomic E-state index is 13.4. The Hall–Kier alpha value is -3.60. The van der Waals surface area contributed by atoms with Crippen LogP contribution in [0, 0.1) is 0 Å². The van der Waals surface area contributed by atoms with Crippen LogP contribution in [0.3, 0.4) is 0 Å². The number of aromatic carboxylic acids is 1. The molecule has 152 valence electrons. The van der Waals surface area contributed by atoms with Gasteiger partial charge in [-0.1, -0.05) is 60.7 Å². The van der Waals surface area contributed by atoms with E-state index in [0.717, 1.165) is 28.9 Å². The van der Waals surface area contributed by atoms with Gasteiger partial charge in [0, 0.05) is 13.1 Å². The van der Waals surface area contributed by atoms with Gasteiger partial charge >= 0.3 is 5.97 Å². The molecular weight excluding hydrogens is 378 g/mol. The van der Waals surface area contributed by atoms with E-state index in [1.54, 1.807) is 29.2 Å². The number of carboxylic acid groups (broad SMARTS) is 1. The molecule has 0 aromatic heterocycles. The molecule has 0 unspecified atom stereocenters. The number of rotatable bonds is 6. The zero-order chi connectivity index (χ0) is 20.9. The van der Waals surface area contributed by atoms with Gasteiger partial charge in [0.15, 0.2) is 6.10 Å². The van der Waals surface area contributed by atoms with Crippen LogP contribution in [-0.2, 0) is 24.3 Å². The monoisotopic (exact) mass is 401 g/mol. The van der Waals surface area contributed by atoms with Gasteiger partial charge in [0.2, 0.25) is 0 Å². The van der Waals surface area contributed by atoms with Gasteiger partial charge < -0.3 is 14.7 Å². The van der Waals surface area contributed by atoms with Crippen LogP contribution < -0.4 is 4.74 Å². The van der Waals surface area contributed by atoms with E-state index in [1.165, 1.54) is 0 Å². The third kappa shape index (κ3) is 4.51. The van der Waals surface area contributed by atoms with Gasteiger partial charge in [-0.25, -0.2) is 4.79 Å². The van der Waals surface area contributed by atoms with Crippen molar-refractivity contribution in [1.29, 1.82) is 0 Å². The van der Waals surface area contributed by atoms with Gasteiger partial charge in [-0.05, 0) is 47.7 Å². The van der Waals surface area contributed by atoms with E-state index in [0.29, 0.717) is 19.5 Å². The quantitative estimate of drug-likeness (QED) is 0.669. The average Bonchev–Trinajstić information content (AvgIpc) is 2.79. The highest BCUT2D eigenvalue weighted by Gasteiger charge is 2.30. The zero-order valence-corrected chi connectivity index (χ0v) is 16.5. The van der Waals surface area contributed by atoms with Crippen molar-refractivity contribution < 1.29 is 19.4 Å². The van der Waals surface area contributed by atoms with E-state index in [2.05, 4.69) is 0 Å². The van der Waals surface area contributed by atoms with Crippen LogP contribution in [0.1, 0.15) is 33.5 Å². The first kappa shape index (κ1) is 19.7. The zero-order valence-electron chi connectivity index (χ0n) is 16.5. The molecule has 1 N–H and O–H groups in total. The number of amides is 1. The average molecular weight is 401 g/mol. The molecular formula is C25H23NO4. The number of hydrogen-bond donors (Lipinski definition) is 1. The summed E-state index contributed by atoms with van der Waals surface area (Å²) in [6.45, 7) is 0.844. The first-order chi connectivity index (χ1) is 14.6. The van der Waals surface area contributed by atoms with Crippen molar-refractivity contribution in [2.45, 2.75) is 32.0 Å². The highest BCUT2D eigenvalue weighted by Crippen LogP contribution is 2.28. The second-order valence-electron chi connectivity index (χ2n) is 7.43. The molecule has 1 aliphatic rings. The fraction of sp³-hybridized carbons (Fsp3) is 0.200. The molecule has 0 saturated heterocycles. The minimum absolute atomic E-state index is 0.0596. The Bertz CT molecular complexity index is 1030. The summed E-state index contributed by atoms with van der Waals surface area (Å²) in [5, 5.41) is 9.11. The number of aryl methyl sites for hydroxylation is 1. The van der Waals surface area contributed by atoms with Crippen LogP contribution in [0.25, 0.3) is 0 Å². The SMILES string of the molecule is O=C(O)c1ccc(CN(Cc2ccccc2)C(=O)[C@@H]2CCc3ccccc3O2)cc1. The lowest BCUT2D eigenvalue weighted by atomic mass is 10.0. The van der Waals surface area contributed by atoms with Crippen molar-refractivity contribution in [2.24, 2.45) is 0 Å². The van der Waals surface area contributed by atoms with E-state index in [-0.39, 0.29) is 11.5 Å². The second kappa shape index (κ2) is 8.82. The Morgan fingerprint density at radius 3 is 2.20 bits per heavy atom. The van der Waals surface area contributed by atoms with Gasteiger partial charge in [0.05, 0.1) is 5.56 Å². The summed E-state index contributed by atoms with van der Waals surface area (Å²) in [5.41, 5.74) is 3.26. The van der Waals surface area contributed by atoms with E-state index < -0.39 is 12.1 Å². The number of ether oxygens (including phenoxy) is 1. The molecule has 1 atom stereocenters. The van der Waals surface area contributed by atoms with Crippen LogP contribution in [0.4, 0.5) is 0 Å². The third-order valence-corrected chi connectivity index (χ3v) is 5.30. The maximum atomic E-state index is 13.4. The standard InChI is InChI=1S/C25H23NO4/c27-24(23-15-14-20-8-4-5-9-22(20)30-23)26(16-18-6-2-1-3-7-18)17-19-10-12-21(13-11-19)25(28)29/h1-13,23H,14-17H2,(H,28,29)/t23-/m0/s1. The Labute approximate surface area is 175 Å². The smallest absolute Gasteiger partial charge is 0.335 e. The molecule has 0 bridgehead atoms. The normalized spacial score (nSPS) is 15.0. The number of para-hydroxylation sites is 1. The third-order valence-electron chi connectivity index (χ3n) is 5.30. The predicted molar refractivity (Wildman–Crippen MR) is 113 cm³/mol. The van der Waals surface area contributed by atoms with Gasteiger partial charge in [0.1, 0.15) is 5.75 Å². The second-order valence-corrected chi connectivity index (χ2v) is 7.43. The molecule has 1 amide bonds. The molecule has 3 aromatic carbocycles. The van der Waals surface area contributed by atoms with E-state index in [9.17, 15) is 9.59 Å². The van der Waals surface area contributed by atoms with Gasteiger partial charge in [-0.15, -0.1) is 0 Å². The van der Waals surface area contributed by atoms with Crippen molar-refractivity contribution in [3.63, 3.8) is 0 Å². The summed E-state index contributed by atoms with van der Waals surface area (Å²) in [5.74, 6) is -0.253. The predicted octanol–water partition coefficient (Wildman–Crippen LogP) is 4.31. The molecule has 0 fully saturated rings. The molecule has 4 rings (SSSR count). The molecule has 5 nitrogen and oxygen atoms in total. The van der Waals surface area contributed by atoms with Gasteiger partial charge in [-0.3, -0.25) is 4.79 Å². The molecule has 1 heterocycles.